The molecule has 1 atom stereocenters. The predicted octanol–water partition coefficient (Wildman–Crippen LogP) is 1.82. The summed E-state index contributed by atoms with van der Waals surface area (Å²) in [4.78, 5) is 1.88. The second-order valence-electron chi connectivity index (χ2n) is 6.78. The minimum Gasteiger partial charge on any atom is -0.395 e. The molecule has 1 unspecified atom stereocenters. The Morgan fingerprint density at radius 1 is 1.12 bits per heavy atom. The summed E-state index contributed by atoms with van der Waals surface area (Å²) in [6.45, 7) is 1.82. The molecule has 0 bridgehead atoms. The highest BCUT2D eigenvalue weighted by Gasteiger charge is 2.23. The van der Waals surface area contributed by atoms with Crippen molar-refractivity contribution in [2.45, 2.75) is 38.3 Å². The number of aryl methyl sites for hydroxylation is 1. The van der Waals surface area contributed by atoms with Crippen LogP contribution in [0.25, 0.3) is 10.9 Å². The molecule has 1 aromatic carbocycles. The van der Waals surface area contributed by atoms with Gasteiger partial charge in [0.2, 0.25) is 0 Å². The predicted molar refractivity (Wildman–Crippen MR) is 100 cm³/mol. The van der Waals surface area contributed by atoms with Gasteiger partial charge in [0, 0.05) is 30.7 Å². The zero-order chi connectivity index (χ0) is 17.8. The Hall–Kier alpha value is -1.11. The van der Waals surface area contributed by atoms with Gasteiger partial charge in [-0.1, -0.05) is 23.7 Å². The van der Waals surface area contributed by atoms with Gasteiger partial charge in [0.15, 0.2) is 0 Å². The quantitative estimate of drug-likeness (QED) is 0.666. The van der Waals surface area contributed by atoms with E-state index in [0.29, 0.717) is 26.2 Å². The van der Waals surface area contributed by atoms with Crippen LogP contribution in [0.5, 0.6) is 0 Å². The molecule has 1 heterocycles. The van der Waals surface area contributed by atoms with E-state index in [0.717, 1.165) is 29.8 Å². The van der Waals surface area contributed by atoms with Gasteiger partial charge < -0.3 is 19.9 Å². The summed E-state index contributed by atoms with van der Waals surface area (Å²) in [6, 6.07) is 6.02. The van der Waals surface area contributed by atoms with E-state index >= 15 is 0 Å². The first-order valence-electron chi connectivity index (χ1n) is 9.06. The van der Waals surface area contributed by atoms with Gasteiger partial charge in [-0.15, -0.1) is 0 Å². The molecular weight excluding hydrogens is 340 g/mol. The van der Waals surface area contributed by atoms with Crippen LogP contribution in [-0.2, 0) is 19.4 Å². The van der Waals surface area contributed by atoms with Crippen LogP contribution in [0.3, 0.4) is 0 Å². The lowest BCUT2D eigenvalue weighted by Crippen LogP contribution is -2.38. The van der Waals surface area contributed by atoms with Crippen LogP contribution in [0.1, 0.15) is 24.1 Å². The molecule has 2 aromatic rings. The monoisotopic (exact) mass is 366 g/mol. The minimum atomic E-state index is -0.587. The number of rotatable bonds is 8. The lowest BCUT2D eigenvalue weighted by molar-refractivity contribution is 0.0775. The van der Waals surface area contributed by atoms with Crippen molar-refractivity contribution in [3.05, 3.63) is 34.5 Å². The molecule has 0 spiro atoms. The molecule has 6 heteroatoms. The fourth-order valence-electron chi connectivity index (χ4n) is 3.99. The molecule has 1 aliphatic carbocycles. The summed E-state index contributed by atoms with van der Waals surface area (Å²) in [7, 11) is 0. The van der Waals surface area contributed by atoms with Crippen LogP contribution in [0, 0.1) is 0 Å². The molecule has 0 amide bonds. The van der Waals surface area contributed by atoms with Crippen molar-refractivity contribution >= 4 is 22.5 Å². The Labute approximate surface area is 153 Å². The standard InChI is InChI=1S/C19H27ClN2O3/c20-17-6-3-5-16-15-4-1-2-7-18(15)22(19(16)17)13-14(25)12-21(8-10-23)9-11-24/h3,5-6,14,23-25H,1-2,4,7-13H2. The number of aromatic nitrogens is 1. The number of aliphatic hydroxyl groups excluding tert-OH is 3. The topological polar surface area (TPSA) is 68.9 Å². The van der Waals surface area contributed by atoms with E-state index in [9.17, 15) is 5.11 Å². The number of aliphatic hydroxyl groups is 3. The summed E-state index contributed by atoms with van der Waals surface area (Å²) < 4.78 is 2.19. The number of nitrogens with zero attached hydrogens (tertiary/aromatic N) is 2. The number of halogens is 1. The molecular formula is C19H27ClN2O3. The number of fused-ring (bicyclic) bond motifs is 3. The van der Waals surface area contributed by atoms with Gasteiger partial charge in [-0.3, -0.25) is 4.90 Å². The summed E-state index contributed by atoms with van der Waals surface area (Å²) >= 11 is 6.49. The fourth-order valence-corrected chi connectivity index (χ4v) is 4.27. The zero-order valence-corrected chi connectivity index (χ0v) is 15.3. The molecule has 0 fully saturated rings. The average Bonchev–Trinajstić information content (AvgIpc) is 2.91. The normalized spacial score (nSPS) is 15.7. The highest BCUT2D eigenvalue weighted by molar-refractivity contribution is 6.35. The first kappa shape index (κ1) is 18.7. The van der Waals surface area contributed by atoms with Gasteiger partial charge in [0.1, 0.15) is 0 Å². The van der Waals surface area contributed by atoms with E-state index in [4.69, 9.17) is 21.8 Å². The van der Waals surface area contributed by atoms with Gasteiger partial charge in [0.25, 0.3) is 0 Å². The number of benzene rings is 1. The van der Waals surface area contributed by atoms with Crippen LogP contribution in [-0.4, -0.2) is 63.7 Å². The lowest BCUT2D eigenvalue weighted by Gasteiger charge is -2.25. The van der Waals surface area contributed by atoms with Crippen molar-refractivity contribution in [1.82, 2.24) is 9.47 Å². The molecule has 0 aliphatic heterocycles. The van der Waals surface area contributed by atoms with Crippen molar-refractivity contribution in [2.24, 2.45) is 0 Å². The molecule has 0 saturated carbocycles. The minimum absolute atomic E-state index is 0.0143. The highest BCUT2D eigenvalue weighted by atomic mass is 35.5. The van der Waals surface area contributed by atoms with Gasteiger partial charge in [-0.05, 0) is 37.3 Å². The van der Waals surface area contributed by atoms with Crippen LogP contribution >= 0.6 is 11.6 Å². The van der Waals surface area contributed by atoms with Gasteiger partial charge in [-0.2, -0.15) is 0 Å². The van der Waals surface area contributed by atoms with E-state index in [1.807, 2.05) is 17.0 Å². The Morgan fingerprint density at radius 3 is 2.56 bits per heavy atom. The van der Waals surface area contributed by atoms with E-state index in [-0.39, 0.29) is 13.2 Å². The number of para-hydroxylation sites is 1. The van der Waals surface area contributed by atoms with Crippen molar-refractivity contribution < 1.29 is 15.3 Å². The molecule has 138 valence electrons. The zero-order valence-electron chi connectivity index (χ0n) is 14.5. The van der Waals surface area contributed by atoms with Crippen molar-refractivity contribution in [1.29, 1.82) is 0 Å². The molecule has 3 N–H and O–H groups in total. The maximum absolute atomic E-state index is 10.6. The average molecular weight is 367 g/mol. The summed E-state index contributed by atoms with van der Waals surface area (Å²) in [5, 5.41) is 30.8. The molecule has 0 saturated heterocycles. The Bertz CT molecular complexity index is 710. The van der Waals surface area contributed by atoms with Crippen LogP contribution in [0.4, 0.5) is 0 Å². The van der Waals surface area contributed by atoms with Gasteiger partial charge in [-0.25, -0.2) is 0 Å². The van der Waals surface area contributed by atoms with E-state index < -0.39 is 6.10 Å². The van der Waals surface area contributed by atoms with E-state index in [1.165, 1.54) is 23.1 Å². The Balaban J connectivity index is 1.88. The van der Waals surface area contributed by atoms with E-state index in [1.54, 1.807) is 0 Å². The first-order chi connectivity index (χ1) is 12.2. The van der Waals surface area contributed by atoms with Crippen LogP contribution in [0.2, 0.25) is 5.02 Å². The van der Waals surface area contributed by atoms with Gasteiger partial charge >= 0.3 is 0 Å². The summed E-state index contributed by atoms with van der Waals surface area (Å²) in [5.41, 5.74) is 3.69. The number of hydrogen-bond donors (Lipinski definition) is 3. The molecule has 5 nitrogen and oxygen atoms in total. The van der Waals surface area contributed by atoms with Crippen molar-refractivity contribution in [3.63, 3.8) is 0 Å². The molecule has 25 heavy (non-hydrogen) atoms. The van der Waals surface area contributed by atoms with Crippen molar-refractivity contribution in [3.8, 4) is 0 Å². The third kappa shape index (κ3) is 4.01. The van der Waals surface area contributed by atoms with Crippen LogP contribution in [0.15, 0.2) is 18.2 Å². The third-order valence-electron chi connectivity index (χ3n) is 5.04. The smallest absolute Gasteiger partial charge is 0.0845 e. The lowest BCUT2D eigenvalue weighted by atomic mass is 9.95. The Kier molecular flexibility index (Phi) is 6.36. The SMILES string of the molecule is OCCN(CCO)CC(O)Cn1c2c(c3cccc(Cl)c31)CCCC2. The van der Waals surface area contributed by atoms with Crippen LogP contribution < -0.4 is 0 Å². The van der Waals surface area contributed by atoms with Gasteiger partial charge in [0.05, 0.1) is 36.4 Å². The molecule has 1 aliphatic rings. The fraction of sp³-hybridized carbons (Fsp3) is 0.579. The second kappa shape index (κ2) is 8.52. The maximum atomic E-state index is 10.6. The van der Waals surface area contributed by atoms with Crippen molar-refractivity contribution in [2.75, 3.05) is 32.8 Å². The largest absolute Gasteiger partial charge is 0.395 e. The molecule has 3 rings (SSSR count). The molecule has 0 radical (unpaired) electrons. The third-order valence-corrected chi connectivity index (χ3v) is 5.35. The summed E-state index contributed by atoms with van der Waals surface area (Å²) in [6.07, 6.45) is 3.86. The second-order valence-corrected chi connectivity index (χ2v) is 7.19. The first-order valence-corrected chi connectivity index (χ1v) is 9.44. The number of hydrogen-bond acceptors (Lipinski definition) is 4. The highest BCUT2D eigenvalue weighted by Crippen LogP contribution is 2.35. The van der Waals surface area contributed by atoms with E-state index in [2.05, 4.69) is 10.6 Å². The Morgan fingerprint density at radius 2 is 1.84 bits per heavy atom. The summed E-state index contributed by atoms with van der Waals surface area (Å²) in [5.74, 6) is 0. The maximum Gasteiger partial charge on any atom is 0.0845 e. The molecule has 1 aromatic heterocycles.